The number of amides is 1. The lowest BCUT2D eigenvalue weighted by Crippen LogP contribution is -2.31. The molecule has 2 aromatic rings. The van der Waals surface area contributed by atoms with Crippen LogP contribution in [0.1, 0.15) is 32.4 Å². The standard InChI is InChI=1S/C24H26ClN3O4S/c1-4-31-17-12-10-16(11-13-17)22-21(23(30)32-5-2)15(3)26-24(28-22)33-14-20(29)27-19-9-7-6-8-18(19)25/h6-13,22H,4-5,14H2,1-3H3,(H,26,28)(H,27,29)/t22-/m0/s1. The van der Waals surface area contributed by atoms with Crippen LogP contribution in [0.5, 0.6) is 5.75 Å². The summed E-state index contributed by atoms with van der Waals surface area (Å²) >= 11 is 7.35. The first-order valence-electron chi connectivity index (χ1n) is 10.6. The highest BCUT2D eigenvalue weighted by molar-refractivity contribution is 8.14. The molecule has 33 heavy (non-hydrogen) atoms. The Morgan fingerprint density at radius 3 is 2.52 bits per heavy atom. The highest BCUT2D eigenvalue weighted by atomic mass is 35.5. The molecule has 1 heterocycles. The maximum absolute atomic E-state index is 12.7. The summed E-state index contributed by atoms with van der Waals surface area (Å²) in [5.74, 6) is 0.219. The topological polar surface area (TPSA) is 89.0 Å². The van der Waals surface area contributed by atoms with E-state index in [1.54, 1.807) is 38.1 Å². The minimum Gasteiger partial charge on any atom is -0.494 e. The van der Waals surface area contributed by atoms with Crippen LogP contribution >= 0.6 is 23.4 Å². The van der Waals surface area contributed by atoms with E-state index in [1.807, 2.05) is 31.2 Å². The SMILES string of the molecule is CCOC(=O)C1=C(C)NC(SCC(=O)Nc2ccccc2Cl)=N[C@H]1c1ccc(OCC)cc1. The van der Waals surface area contributed by atoms with Gasteiger partial charge in [-0.2, -0.15) is 0 Å². The Hall–Kier alpha value is -2.97. The van der Waals surface area contributed by atoms with E-state index in [4.69, 9.17) is 26.1 Å². The Morgan fingerprint density at radius 2 is 1.85 bits per heavy atom. The largest absolute Gasteiger partial charge is 0.494 e. The summed E-state index contributed by atoms with van der Waals surface area (Å²) in [6, 6.07) is 13.9. The van der Waals surface area contributed by atoms with E-state index in [0.717, 1.165) is 11.3 Å². The van der Waals surface area contributed by atoms with Crippen LogP contribution < -0.4 is 15.4 Å². The zero-order chi connectivity index (χ0) is 23.8. The van der Waals surface area contributed by atoms with Gasteiger partial charge in [-0.15, -0.1) is 0 Å². The molecule has 1 aliphatic heterocycles. The van der Waals surface area contributed by atoms with Crippen LogP contribution in [0.4, 0.5) is 5.69 Å². The number of aliphatic imine (C=N–C) groups is 1. The molecule has 1 atom stereocenters. The summed E-state index contributed by atoms with van der Waals surface area (Å²) in [6.45, 7) is 6.31. The molecule has 0 unspecified atom stereocenters. The van der Waals surface area contributed by atoms with E-state index in [9.17, 15) is 9.59 Å². The minimum absolute atomic E-state index is 0.120. The summed E-state index contributed by atoms with van der Waals surface area (Å²) in [7, 11) is 0. The van der Waals surface area contributed by atoms with Crippen molar-refractivity contribution in [3.63, 3.8) is 0 Å². The Balaban J connectivity index is 1.78. The molecule has 3 rings (SSSR count). The summed E-state index contributed by atoms with van der Waals surface area (Å²) in [6.07, 6.45) is 0. The highest BCUT2D eigenvalue weighted by Crippen LogP contribution is 2.34. The number of nitrogens with one attached hydrogen (secondary N) is 2. The normalized spacial score (nSPS) is 15.4. The van der Waals surface area contributed by atoms with Gasteiger partial charge in [-0.25, -0.2) is 9.79 Å². The number of allylic oxidation sites excluding steroid dienone is 1. The number of amidine groups is 1. The van der Waals surface area contributed by atoms with Gasteiger partial charge in [-0.1, -0.05) is 47.6 Å². The fourth-order valence-corrected chi connectivity index (χ4v) is 4.16. The fourth-order valence-electron chi connectivity index (χ4n) is 3.23. The number of para-hydroxylation sites is 1. The van der Waals surface area contributed by atoms with Gasteiger partial charge in [0.05, 0.1) is 35.2 Å². The first-order valence-corrected chi connectivity index (χ1v) is 11.9. The van der Waals surface area contributed by atoms with Crippen molar-refractivity contribution in [1.29, 1.82) is 0 Å². The van der Waals surface area contributed by atoms with E-state index in [0.29, 0.717) is 33.8 Å². The third-order valence-electron chi connectivity index (χ3n) is 4.71. The molecule has 2 N–H and O–H groups in total. The predicted octanol–water partition coefficient (Wildman–Crippen LogP) is 4.95. The monoisotopic (exact) mass is 487 g/mol. The van der Waals surface area contributed by atoms with Gasteiger partial charge >= 0.3 is 5.97 Å². The molecule has 9 heteroatoms. The van der Waals surface area contributed by atoms with Crippen molar-refractivity contribution in [3.05, 3.63) is 70.4 Å². The van der Waals surface area contributed by atoms with Gasteiger partial charge in [0.15, 0.2) is 5.17 Å². The third-order valence-corrected chi connectivity index (χ3v) is 5.93. The minimum atomic E-state index is -0.560. The number of esters is 1. The zero-order valence-electron chi connectivity index (χ0n) is 18.7. The van der Waals surface area contributed by atoms with Crippen molar-refractivity contribution in [1.82, 2.24) is 5.32 Å². The lowest BCUT2D eigenvalue weighted by Gasteiger charge is -2.26. The Morgan fingerprint density at radius 1 is 1.12 bits per heavy atom. The number of hydrogen-bond acceptors (Lipinski definition) is 7. The Bertz CT molecular complexity index is 1070. The fraction of sp³-hybridized carbons (Fsp3) is 0.292. The molecule has 0 fully saturated rings. The van der Waals surface area contributed by atoms with Crippen molar-refractivity contribution in [2.45, 2.75) is 26.8 Å². The predicted molar refractivity (Wildman–Crippen MR) is 133 cm³/mol. The molecule has 2 aromatic carbocycles. The smallest absolute Gasteiger partial charge is 0.338 e. The van der Waals surface area contributed by atoms with Gasteiger partial charge in [-0.05, 0) is 50.6 Å². The van der Waals surface area contributed by atoms with Crippen LogP contribution in [0.25, 0.3) is 0 Å². The number of halogens is 1. The van der Waals surface area contributed by atoms with E-state index in [-0.39, 0.29) is 18.3 Å². The summed E-state index contributed by atoms with van der Waals surface area (Å²) in [5.41, 5.74) is 2.44. The Kier molecular flexibility index (Phi) is 8.79. The summed E-state index contributed by atoms with van der Waals surface area (Å²) < 4.78 is 10.8. The van der Waals surface area contributed by atoms with Gasteiger partial charge in [0.1, 0.15) is 11.8 Å². The number of nitrogens with zero attached hydrogens (tertiary/aromatic N) is 1. The number of carbonyl (C=O) groups is 2. The summed E-state index contributed by atoms with van der Waals surface area (Å²) in [4.78, 5) is 29.8. The first kappa shape index (κ1) is 24.7. The third kappa shape index (κ3) is 6.52. The molecular formula is C24H26ClN3O4S. The number of hydrogen-bond donors (Lipinski definition) is 2. The molecule has 0 aromatic heterocycles. The average molecular weight is 488 g/mol. The second-order valence-electron chi connectivity index (χ2n) is 7.04. The van der Waals surface area contributed by atoms with E-state index in [1.165, 1.54) is 11.8 Å². The molecular weight excluding hydrogens is 462 g/mol. The van der Waals surface area contributed by atoms with Gasteiger partial charge < -0.3 is 20.1 Å². The number of rotatable bonds is 8. The molecule has 0 radical (unpaired) electrons. The molecule has 0 spiro atoms. The first-order chi connectivity index (χ1) is 15.9. The van der Waals surface area contributed by atoms with Gasteiger partial charge in [-0.3, -0.25) is 4.79 Å². The maximum atomic E-state index is 12.7. The highest BCUT2D eigenvalue weighted by Gasteiger charge is 2.30. The van der Waals surface area contributed by atoms with Crippen LogP contribution in [0, 0.1) is 0 Å². The van der Waals surface area contributed by atoms with E-state index in [2.05, 4.69) is 10.6 Å². The van der Waals surface area contributed by atoms with Crippen LogP contribution in [0.15, 0.2) is 64.8 Å². The molecule has 0 bridgehead atoms. The average Bonchev–Trinajstić information content (AvgIpc) is 2.79. The van der Waals surface area contributed by atoms with Crippen molar-refractivity contribution in [3.8, 4) is 5.75 Å². The molecule has 174 valence electrons. The number of anilines is 1. The van der Waals surface area contributed by atoms with Crippen LogP contribution in [0.3, 0.4) is 0 Å². The van der Waals surface area contributed by atoms with Crippen LogP contribution in [0.2, 0.25) is 5.02 Å². The number of ether oxygens (including phenoxy) is 2. The van der Waals surface area contributed by atoms with Crippen molar-refractivity contribution >= 4 is 46.1 Å². The molecule has 0 aliphatic carbocycles. The molecule has 7 nitrogen and oxygen atoms in total. The van der Waals surface area contributed by atoms with Crippen molar-refractivity contribution < 1.29 is 19.1 Å². The zero-order valence-corrected chi connectivity index (χ0v) is 20.3. The van der Waals surface area contributed by atoms with Crippen LogP contribution in [-0.2, 0) is 14.3 Å². The quantitative estimate of drug-likeness (QED) is 0.512. The second kappa shape index (κ2) is 11.8. The molecule has 1 aliphatic rings. The lowest BCUT2D eigenvalue weighted by molar-refractivity contribution is -0.139. The summed E-state index contributed by atoms with van der Waals surface area (Å²) in [5, 5.41) is 6.93. The molecule has 0 saturated heterocycles. The second-order valence-corrected chi connectivity index (χ2v) is 8.41. The van der Waals surface area contributed by atoms with Gasteiger partial charge in [0, 0.05) is 5.70 Å². The number of thioether (sulfide) groups is 1. The van der Waals surface area contributed by atoms with Crippen molar-refractivity contribution in [2.24, 2.45) is 4.99 Å². The molecule has 0 saturated carbocycles. The van der Waals surface area contributed by atoms with Crippen LogP contribution in [-0.4, -0.2) is 36.0 Å². The van der Waals surface area contributed by atoms with Gasteiger partial charge in [0.2, 0.25) is 5.91 Å². The number of benzene rings is 2. The number of carbonyl (C=O) groups excluding carboxylic acids is 2. The maximum Gasteiger partial charge on any atom is 0.338 e. The van der Waals surface area contributed by atoms with E-state index < -0.39 is 12.0 Å². The molecule has 1 amide bonds. The lowest BCUT2D eigenvalue weighted by atomic mass is 9.96. The van der Waals surface area contributed by atoms with Crippen molar-refractivity contribution in [2.75, 3.05) is 24.3 Å². The van der Waals surface area contributed by atoms with Gasteiger partial charge in [0.25, 0.3) is 0 Å². The van der Waals surface area contributed by atoms with E-state index >= 15 is 0 Å². The Labute approximate surface area is 202 Å².